The van der Waals surface area contributed by atoms with Gasteiger partial charge in [-0.2, -0.15) is 0 Å². The fraction of sp³-hybridized carbons (Fsp3) is 0.310. The number of nitrogens with one attached hydrogen (secondary N) is 1. The number of carbonyl (C=O) groups is 2. The summed E-state index contributed by atoms with van der Waals surface area (Å²) in [4.78, 5) is 28.1. The third-order valence-electron chi connectivity index (χ3n) is 6.34. The van der Waals surface area contributed by atoms with E-state index in [2.05, 4.69) is 5.32 Å². The van der Waals surface area contributed by atoms with Crippen molar-refractivity contribution >= 4 is 39.1 Å². The zero-order valence-electron chi connectivity index (χ0n) is 22.8. The van der Waals surface area contributed by atoms with Crippen LogP contribution in [0.1, 0.15) is 30.5 Å². The van der Waals surface area contributed by atoms with E-state index in [1.54, 1.807) is 70.3 Å². The highest BCUT2D eigenvalue weighted by Crippen LogP contribution is 2.29. The number of halogens is 1. The van der Waals surface area contributed by atoms with Gasteiger partial charge in [-0.05, 0) is 75.2 Å². The minimum atomic E-state index is -4.16. The van der Waals surface area contributed by atoms with Gasteiger partial charge in [-0.15, -0.1) is 0 Å². The number of aryl methyl sites for hydroxylation is 2. The number of rotatable bonds is 11. The maximum absolute atomic E-state index is 13.9. The van der Waals surface area contributed by atoms with Gasteiger partial charge in [0.1, 0.15) is 18.3 Å². The van der Waals surface area contributed by atoms with Crippen LogP contribution in [0.25, 0.3) is 0 Å². The van der Waals surface area contributed by atoms with E-state index in [0.717, 1.165) is 21.0 Å². The van der Waals surface area contributed by atoms with Crippen LogP contribution in [0.15, 0.2) is 71.6 Å². The molecule has 1 atom stereocenters. The van der Waals surface area contributed by atoms with Crippen molar-refractivity contribution in [2.24, 2.45) is 0 Å². The minimum absolute atomic E-state index is 0.0358. The number of amides is 2. The van der Waals surface area contributed by atoms with Gasteiger partial charge in [-0.25, -0.2) is 8.42 Å². The van der Waals surface area contributed by atoms with Gasteiger partial charge in [-0.3, -0.25) is 13.9 Å². The average Bonchev–Trinajstić information content (AvgIpc) is 2.92. The molecule has 10 heteroatoms. The van der Waals surface area contributed by atoms with Crippen LogP contribution < -0.4 is 14.4 Å². The number of anilines is 1. The van der Waals surface area contributed by atoms with E-state index < -0.39 is 28.5 Å². The van der Waals surface area contributed by atoms with Gasteiger partial charge in [0.05, 0.1) is 17.7 Å². The standard InChI is InChI=1S/C29H34ClN3O5S/c1-6-31-29(35)22(4)32(18-23-8-7-9-25(16-23)38-5)28(34)19-33(24-13-12-21(3)27(30)17-24)39(36,37)26-14-10-20(2)11-15-26/h7-17,22H,6,18-19H2,1-5H3,(H,31,35). The molecule has 1 unspecified atom stereocenters. The Labute approximate surface area is 235 Å². The summed E-state index contributed by atoms with van der Waals surface area (Å²) >= 11 is 6.35. The summed E-state index contributed by atoms with van der Waals surface area (Å²) in [6.45, 7) is 6.99. The highest BCUT2D eigenvalue weighted by molar-refractivity contribution is 7.92. The Morgan fingerprint density at radius 2 is 1.72 bits per heavy atom. The Kier molecular flexibility index (Phi) is 9.99. The first-order valence-electron chi connectivity index (χ1n) is 12.5. The number of sulfonamides is 1. The van der Waals surface area contributed by atoms with Crippen LogP contribution in [0.4, 0.5) is 5.69 Å². The van der Waals surface area contributed by atoms with Crippen molar-refractivity contribution in [2.75, 3.05) is 24.5 Å². The maximum atomic E-state index is 13.9. The Bertz CT molecular complexity index is 1430. The molecule has 1 N–H and O–H groups in total. The summed E-state index contributed by atoms with van der Waals surface area (Å²) in [5.74, 6) is -0.299. The highest BCUT2D eigenvalue weighted by atomic mass is 35.5. The molecule has 0 saturated heterocycles. The molecule has 0 radical (unpaired) electrons. The van der Waals surface area contributed by atoms with Crippen molar-refractivity contribution in [1.82, 2.24) is 10.2 Å². The third-order valence-corrected chi connectivity index (χ3v) is 8.53. The van der Waals surface area contributed by atoms with Crippen LogP contribution in [0.3, 0.4) is 0 Å². The van der Waals surface area contributed by atoms with Crippen LogP contribution >= 0.6 is 11.6 Å². The van der Waals surface area contributed by atoms with Crippen molar-refractivity contribution in [2.45, 2.75) is 45.2 Å². The minimum Gasteiger partial charge on any atom is -0.497 e. The molecular weight excluding hydrogens is 538 g/mol. The fourth-order valence-electron chi connectivity index (χ4n) is 3.98. The number of nitrogens with zero attached hydrogens (tertiary/aromatic N) is 2. The SMILES string of the molecule is CCNC(=O)C(C)N(Cc1cccc(OC)c1)C(=O)CN(c1ccc(C)c(Cl)c1)S(=O)(=O)c1ccc(C)cc1. The average molecular weight is 572 g/mol. The summed E-state index contributed by atoms with van der Waals surface area (Å²) < 4.78 is 34.1. The van der Waals surface area contributed by atoms with E-state index in [9.17, 15) is 18.0 Å². The molecule has 0 heterocycles. The van der Waals surface area contributed by atoms with Crippen LogP contribution in [-0.2, 0) is 26.2 Å². The van der Waals surface area contributed by atoms with Gasteiger partial charge in [0.25, 0.3) is 10.0 Å². The summed E-state index contributed by atoms with van der Waals surface area (Å²) in [5.41, 5.74) is 2.64. The van der Waals surface area contributed by atoms with E-state index in [-0.39, 0.29) is 23.0 Å². The Balaban J connectivity index is 2.06. The molecule has 0 bridgehead atoms. The molecule has 0 aromatic heterocycles. The molecule has 0 aliphatic carbocycles. The molecule has 208 valence electrons. The zero-order chi connectivity index (χ0) is 28.7. The lowest BCUT2D eigenvalue weighted by Gasteiger charge is -2.32. The lowest BCUT2D eigenvalue weighted by molar-refractivity contribution is -0.139. The second kappa shape index (κ2) is 13.0. The van der Waals surface area contributed by atoms with Crippen LogP contribution in [-0.4, -0.2) is 51.4 Å². The van der Waals surface area contributed by atoms with E-state index in [1.807, 2.05) is 13.0 Å². The normalized spacial score (nSPS) is 11.9. The quantitative estimate of drug-likeness (QED) is 0.359. The Morgan fingerprint density at radius 3 is 2.33 bits per heavy atom. The molecule has 3 rings (SSSR count). The van der Waals surface area contributed by atoms with Gasteiger partial charge in [0, 0.05) is 18.1 Å². The number of carbonyl (C=O) groups excluding carboxylic acids is 2. The molecule has 0 fully saturated rings. The molecule has 39 heavy (non-hydrogen) atoms. The number of likely N-dealkylation sites (N-methyl/N-ethyl adjacent to an activating group) is 1. The predicted octanol–water partition coefficient (Wildman–Crippen LogP) is 4.71. The van der Waals surface area contributed by atoms with Crippen LogP contribution in [0.5, 0.6) is 5.75 Å². The first-order chi connectivity index (χ1) is 18.5. The van der Waals surface area contributed by atoms with E-state index >= 15 is 0 Å². The van der Waals surface area contributed by atoms with E-state index in [0.29, 0.717) is 17.3 Å². The van der Waals surface area contributed by atoms with Crippen molar-refractivity contribution in [3.63, 3.8) is 0 Å². The molecule has 0 aliphatic heterocycles. The Morgan fingerprint density at radius 1 is 1.03 bits per heavy atom. The van der Waals surface area contributed by atoms with Crippen LogP contribution in [0.2, 0.25) is 5.02 Å². The smallest absolute Gasteiger partial charge is 0.264 e. The molecule has 3 aromatic carbocycles. The van der Waals surface area contributed by atoms with Crippen molar-refractivity contribution in [1.29, 1.82) is 0 Å². The Hall–Kier alpha value is -3.56. The van der Waals surface area contributed by atoms with Crippen LogP contribution in [0, 0.1) is 13.8 Å². The first kappa shape index (κ1) is 30.0. The second-order valence-corrected chi connectivity index (χ2v) is 11.5. The largest absolute Gasteiger partial charge is 0.497 e. The molecule has 0 spiro atoms. The molecule has 0 saturated carbocycles. The highest BCUT2D eigenvalue weighted by Gasteiger charge is 2.32. The van der Waals surface area contributed by atoms with Crippen molar-refractivity contribution < 1.29 is 22.7 Å². The molecule has 0 aliphatic rings. The number of hydrogen-bond acceptors (Lipinski definition) is 5. The summed E-state index contributed by atoms with van der Waals surface area (Å²) in [5, 5.41) is 3.11. The van der Waals surface area contributed by atoms with E-state index in [1.165, 1.54) is 23.1 Å². The van der Waals surface area contributed by atoms with Gasteiger partial charge < -0.3 is 15.0 Å². The topological polar surface area (TPSA) is 96.0 Å². The number of methoxy groups -OCH3 is 1. The lowest BCUT2D eigenvalue weighted by atomic mass is 10.1. The number of benzene rings is 3. The molecule has 3 aromatic rings. The summed E-state index contributed by atoms with van der Waals surface area (Å²) in [6.07, 6.45) is 0. The van der Waals surface area contributed by atoms with Crippen molar-refractivity contribution in [3.8, 4) is 5.75 Å². The predicted molar refractivity (Wildman–Crippen MR) is 154 cm³/mol. The molecule has 2 amide bonds. The third kappa shape index (κ3) is 7.30. The second-order valence-electron chi connectivity index (χ2n) is 9.20. The van der Waals surface area contributed by atoms with Gasteiger partial charge in [0.15, 0.2) is 0 Å². The van der Waals surface area contributed by atoms with Gasteiger partial charge in [-0.1, -0.05) is 47.5 Å². The number of hydrogen-bond donors (Lipinski definition) is 1. The van der Waals surface area contributed by atoms with Gasteiger partial charge in [0.2, 0.25) is 11.8 Å². The fourth-order valence-corrected chi connectivity index (χ4v) is 5.56. The van der Waals surface area contributed by atoms with Gasteiger partial charge >= 0.3 is 0 Å². The molecular formula is C29H34ClN3O5S. The summed E-state index contributed by atoms with van der Waals surface area (Å²) in [6, 6.07) is 17.5. The number of ether oxygens (including phenoxy) is 1. The van der Waals surface area contributed by atoms with Crippen molar-refractivity contribution in [3.05, 3.63) is 88.4 Å². The lowest BCUT2D eigenvalue weighted by Crippen LogP contribution is -2.51. The maximum Gasteiger partial charge on any atom is 0.264 e. The monoisotopic (exact) mass is 571 g/mol. The first-order valence-corrected chi connectivity index (χ1v) is 14.4. The molecule has 8 nitrogen and oxygen atoms in total. The zero-order valence-corrected chi connectivity index (χ0v) is 24.3. The van der Waals surface area contributed by atoms with E-state index in [4.69, 9.17) is 16.3 Å². The summed E-state index contributed by atoms with van der Waals surface area (Å²) in [7, 11) is -2.62.